The van der Waals surface area contributed by atoms with Gasteiger partial charge in [0.25, 0.3) is 0 Å². The first-order valence-electron chi connectivity index (χ1n) is 3.67. The first kappa shape index (κ1) is 11.4. The number of hydrogen-bond donors (Lipinski definition) is 2. The van der Waals surface area contributed by atoms with Crippen LogP contribution in [-0.2, 0) is 9.09 Å². The Kier molecular flexibility index (Phi) is 8.75. The summed E-state index contributed by atoms with van der Waals surface area (Å²) in [6.45, 7) is 0.756. The highest BCUT2D eigenvalue weighted by molar-refractivity contribution is 8.39. The molecule has 11 heavy (non-hydrogen) atoms. The van der Waals surface area contributed by atoms with Crippen molar-refractivity contribution in [3.63, 3.8) is 0 Å². The van der Waals surface area contributed by atoms with Crippen molar-refractivity contribution < 1.29 is 14.2 Å². The summed E-state index contributed by atoms with van der Waals surface area (Å²) in [5, 5.41) is 8.42. The topological polar surface area (TPSA) is 46.5 Å². The molecular formula is C6H14O3PS+. The van der Waals surface area contributed by atoms with Crippen LogP contribution in [0.15, 0.2) is 0 Å². The molecule has 3 nitrogen and oxygen atoms in total. The number of aliphatic hydroxyl groups is 1. The summed E-state index contributed by atoms with van der Waals surface area (Å²) in [5.74, 6) is 0. The molecule has 0 saturated carbocycles. The first-order chi connectivity index (χ1) is 5.27. The van der Waals surface area contributed by atoms with Crippen molar-refractivity contribution in [2.75, 3.05) is 13.2 Å². The highest BCUT2D eigenvalue weighted by Gasteiger charge is 2.07. The van der Waals surface area contributed by atoms with Crippen LogP contribution in [0.2, 0.25) is 0 Å². The molecule has 1 N–H and O–H groups in total. The van der Waals surface area contributed by atoms with Gasteiger partial charge in [0, 0.05) is 6.61 Å². The average molecular weight is 197 g/mol. The van der Waals surface area contributed by atoms with Crippen LogP contribution in [0.5, 0.6) is 0 Å². The van der Waals surface area contributed by atoms with Gasteiger partial charge in [-0.05, 0) is 17.4 Å². The van der Waals surface area contributed by atoms with E-state index in [1.165, 1.54) is 0 Å². The van der Waals surface area contributed by atoms with Gasteiger partial charge in [-0.25, -0.2) is 0 Å². The van der Waals surface area contributed by atoms with Crippen molar-refractivity contribution in [3.05, 3.63) is 0 Å². The number of unbranched alkanes of at least 4 members (excludes halogenated alkanes) is 3. The molecule has 0 aliphatic rings. The molecule has 5 heteroatoms. The van der Waals surface area contributed by atoms with Crippen molar-refractivity contribution in [3.8, 4) is 0 Å². The first-order valence-corrected chi connectivity index (χ1v) is 6.00. The Morgan fingerprint density at radius 3 is 2.45 bits per heavy atom. The van der Waals surface area contributed by atoms with E-state index in [0.717, 1.165) is 25.7 Å². The fourth-order valence-electron chi connectivity index (χ4n) is 0.710. The zero-order chi connectivity index (χ0) is 8.53. The van der Waals surface area contributed by atoms with Gasteiger partial charge in [0.2, 0.25) is 0 Å². The van der Waals surface area contributed by atoms with Gasteiger partial charge in [-0.2, -0.15) is 0 Å². The van der Waals surface area contributed by atoms with Crippen LogP contribution < -0.4 is 0 Å². The highest BCUT2D eigenvalue weighted by Crippen LogP contribution is 2.26. The second-order valence-electron chi connectivity index (χ2n) is 2.21. The zero-order valence-corrected chi connectivity index (χ0v) is 8.19. The molecule has 0 aromatic rings. The van der Waals surface area contributed by atoms with Crippen LogP contribution in [0.4, 0.5) is 0 Å². The molecule has 0 saturated heterocycles. The number of rotatable bonds is 7. The van der Waals surface area contributed by atoms with E-state index in [1.807, 2.05) is 0 Å². The van der Waals surface area contributed by atoms with Crippen LogP contribution in [-0.4, -0.2) is 18.3 Å². The van der Waals surface area contributed by atoms with Crippen molar-refractivity contribution in [2.24, 2.45) is 0 Å². The van der Waals surface area contributed by atoms with E-state index in [9.17, 15) is 4.57 Å². The minimum absolute atomic E-state index is 0.252. The van der Waals surface area contributed by atoms with Gasteiger partial charge in [-0.15, -0.1) is 4.52 Å². The van der Waals surface area contributed by atoms with Gasteiger partial charge in [-0.3, -0.25) is 0 Å². The Bertz CT molecular complexity index is 110. The summed E-state index contributed by atoms with van der Waals surface area (Å²) >= 11 is 3.59. The normalized spacial score (nSPS) is 11.6. The van der Waals surface area contributed by atoms with E-state index in [4.69, 9.17) is 9.63 Å². The third-order valence-corrected chi connectivity index (χ3v) is 2.00. The molecule has 1 unspecified atom stereocenters. The summed E-state index contributed by atoms with van der Waals surface area (Å²) in [7, 11) is -1.73. The third kappa shape index (κ3) is 10.4. The van der Waals surface area contributed by atoms with Crippen LogP contribution in [0, 0.1) is 0 Å². The lowest BCUT2D eigenvalue weighted by Crippen LogP contribution is -1.87. The lowest BCUT2D eigenvalue weighted by Gasteiger charge is -1.94. The Labute approximate surface area is 73.2 Å². The second-order valence-corrected chi connectivity index (χ2v) is 3.92. The van der Waals surface area contributed by atoms with Gasteiger partial charge in [0.05, 0.1) is 0 Å². The summed E-state index contributed by atoms with van der Waals surface area (Å²) < 4.78 is 15.0. The largest absolute Gasteiger partial charge is 0.582 e. The molecule has 0 amide bonds. The minimum atomic E-state index is -1.73. The molecule has 0 bridgehead atoms. The SMILES string of the molecule is O=[P+](S)OCCCCCCO. The lowest BCUT2D eigenvalue weighted by atomic mass is 10.2. The van der Waals surface area contributed by atoms with E-state index < -0.39 is 7.23 Å². The van der Waals surface area contributed by atoms with Gasteiger partial charge in [0.15, 0.2) is 0 Å². The molecule has 0 spiro atoms. The number of hydrogen-bond acceptors (Lipinski definition) is 3. The average Bonchev–Trinajstić information content (AvgIpc) is 1.96. The van der Waals surface area contributed by atoms with Gasteiger partial charge in [0.1, 0.15) is 18.9 Å². The van der Waals surface area contributed by atoms with E-state index >= 15 is 0 Å². The third-order valence-electron chi connectivity index (χ3n) is 1.25. The van der Waals surface area contributed by atoms with Crippen molar-refractivity contribution in [2.45, 2.75) is 25.7 Å². The summed E-state index contributed by atoms with van der Waals surface area (Å²) in [6, 6.07) is 0. The summed E-state index contributed by atoms with van der Waals surface area (Å²) in [5.41, 5.74) is 0. The van der Waals surface area contributed by atoms with E-state index in [1.54, 1.807) is 0 Å². The zero-order valence-electron chi connectivity index (χ0n) is 6.40. The molecule has 1 atom stereocenters. The quantitative estimate of drug-likeness (QED) is 0.373. The maximum Gasteiger partial charge on any atom is 0.582 e. The van der Waals surface area contributed by atoms with Crippen LogP contribution in [0.25, 0.3) is 0 Å². The van der Waals surface area contributed by atoms with Crippen LogP contribution in [0.1, 0.15) is 25.7 Å². The fourth-order valence-corrected chi connectivity index (χ4v) is 1.24. The van der Waals surface area contributed by atoms with Crippen molar-refractivity contribution in [1.29, 1.82) is 0 Å². The van der Waals surface area contributed by atoms with Gasteiger partial charge >= 0.3 is 7.23 Å². The Balaban J connectivity index is 2.85. The standard InChI is InChI=1S/C6H13O3PS/c7-5-3-1-2-4-6-9-10(8)11/h7H,1-6H2/p+1. The minimum Gasteiger partial charge on any atom is -0.396 e. The van der Waals surface area contributed by atoms with E-state index in [2.05, 4.69) is 12.2 Å². The summed E-state index contributed by atoms with van der Waals surface area (Å²) in [4.78, 5) is 0. The Morgan fingerprint density at radius 2 is 1.91 bits per heavy atom. The molecule has 0 aliphatic heterocycles. The predicted octanol–water partition coefficient (Wildman–Crippen LogP) is 2.14. The molecule has 0 aliphatic carbocycles. The second kappa shape index (κ2) is 8.47. The Hall–Kier alpha value is 0.370. The molecule has 0 heterocycles. The molecule has 66 valence electrons. The lowest BCUT2D eigenvalue weighted by molar-refractivity contribution is 0.277. The number of aliphatic hydroxyl groups excluding tert-OH is 1. The molecule has 0 rings (SSSR count). The molecule has 0 fully saturated rings. The number of thiol groups is 1. The highest BCUT2D eigenvalue weighted by atomic mass is 32.7. The van der Waals surface area contributed by atoms with Gasteiger partial charge < -0.3 is 5.11 Å². The maximum atomic E-state index is 10.3. The van der Waals surface area contributed by atoms with Crippen molar-refractivity contribution >= 4 is 19.5 Å². The molecular weight excluding hydrogens is 183 g/mol. The van der Waals surface area contributed by atoms with Crippen LogP contribution >= 0.6 is 19.5 Å². The van der Waals surface area contributed by atoms with Gasteiger partial charge in [-0.1, -0.05) is 12.8 Å². The predicted molar refractivity (Wildman–Crippen MR) is 48.1 cm³/mol. The fraction of sp³-hybridized carbons (Fsp3) is 1.00. The van der Waals surface area contributed by atoms with E-state index in [0.29, 0.717) is 6.61 Å². The van der Waals surface area contributed by atoms with Crippen molar-refractivity contribution in [1.82, 2.24) is 0 Å². The summed E-state index contributed by atoms with van der Waals surface area (Å²) in [6.07, 6.45) is 3.75. The van der Waals surface area contributed by atoms with Crippen LogP contribution in [0.3, 0.4) is 0 Å². The van der Waals surface area contributed by atoms with E-state index in [-0.39, 0.29) is 6.61 Å². The molecule has 0 aromatic carbocycles. The molecule has 0 aromatic heterocycles. The maximum absolute atomic E-state index is 10.3. The monoisotopic (exact) mass is 197 g/mol. The smallest absolute Gasteiger partial charge is 0.396 e. The Morgan fingerprint density at radius 1 is 1.27 bits per heavy atom. The molecule has 0 radical (unpaired) electrons.